The highest BCUT2D eigenvalue weighted by Gasteiger charge is 2.17. The van der Waals surface area contributed by atoms with Crippen molar-refractivity contribution in [2.45, 2.75) is 25.9 Å². The molecule has 1 heterocycles. The number of nitrogens with zero attached hydrogens (tertiary/aromatic N) is 1. The topological polar surface area (TPSA) is 25.2 Å². The molecule has 0 spiro atoms. The minimum Gasteiger partial charge on any atom is -0.384 e. The Bertz CT molecular complexity index is 1980. The number of aliphatic hydroxyl groups is 1. The summed E-state index contributed by atoms with van der Waals surface area (Å²) in [6, 6.07) is 47.0. The van der Waals surface area contributed by atoms with Crippen LogP contribution in [-0.2, 0) is 0 Å². The molecule has 2 nitrogen and oxygen atoms in total. The summed E-state index contributed by atoms with van der Waals surface area (Å²) in [4.78, 5) is 0. The van der Waals surface area contributed by atoms with Crippen LogP contribution < -0.4 is 0 Å². The van der Waals surface area contributed by atoms with Gasteiger partial charge >= 0.3 is 0 Å². The number of aromatic nitrogens is 1. The smallest absolute Gasteiger partial charge is 0.104 e. The molecule has 6 aromatic carbocycles. The zero-order chi connectivity index (χ0) is 27.2. The zero-order valence-corrected chi connectivity index (χ0v) is 22.8. The van der Waals surface area contributed by atoms with Crippen molar-refractivity contribution in [2.75, 3.05) is 0 Å². The fourth-order valence-corrected chi connectivity index (χ4v) is 6.14. The second kappa shape index (κ2) is 9.82. The van der Waals surface area contributed by atoms with Crippen LogP contribution in [0.3, 0.4) is 0 Å². The molecular weight excluding hydrogens is 486 g/mol. The van der Waals surface area contributed by atoms with E-state index in [0.717, 1.165) is 16.8 Å². The number of hydrogen-bond acceptors (Lipinski definition) is 1. The van der Waals surface area contributed by atoms with Gasteiger partial charge in [0.1, 0.15) is 6.10 Å². The van der Waals surface area contributed by atoms with Crippen molar-refractivity contribution in [3.05, 3.63) is 161 Å². The third-order valence-electron chi connectivity index (χ3n) is 8.32. The van der Waals surface area contributed by atoms with E-state index in [-0.39, 0.29) is 5.92 Å². The van der Waals surface area contributed by atoms with Crippen LogP contribution in [0.1, 0.15) is 46.8 Å². The summed E-state index contributed by atoms with van der Waals surface area (Å²) < 4.78 is 2.34. The average molecular weight is 518 g/mol. The highest BCUT2D eigenvalue weighted by Crippen LogP contribution is 2.37. The fourth-order valence-electron chi connectivity index (χ4n) is 6.14. The van der Waals surface area contributed by atoms with E-state index in [2.05, 4.69) is 109 Å². The van der Waals surface area contributed by atoms with Crippen LogP contribution in [0.15, 0.2) is 133 Å². The molecule has 40 heavy (non-hydrogen) atoms. The molecule has 2 unspecified atom stereocenters. The van der Waals surface area contributed by atoms with Gasteiger partial charge in [-0.15, -0.1) is 0 Å². The summed E-state index contributed by atoms with van der Waals surface area (Å²) in [6.45, 7) is 4.47. The van der Waals surface area contributed by atoms with Gasteiger partial charge in [-0.1, -0.05) is 110 Å². The average Bonchev–Trinajstić information content (AvgIpc) is 3.33. The first-order chi connectivity index (χ1) is 19.6. The van der Waals surface area contributed by atoms with Crippen LogP contribution >= 0.6 is 0 Å². The molecule has 2 heteroatoms. The van der Waals surface area contributed by atoms with Crippen molar-refractivity contribution in [3.8, 4) is 5.69 Å². The number of fused-ring (bicyclic) bond motifs is 4. The largest absolute Gasteiger partial charge is 0.384 e. The van der Waals surface area contributed by atoms with Crippen LogP contribution in [0, 0.1) is 6.92 Å². The molecule has 7 rings (SSSR count). The van der Waals surface area contributed by atoms with Gasteiger partial charge in [0.05, 0.1) is 11.0 Å². The van der Waals surface area contributed by atoms with E-state index in [1.165, 1.54) is 49.3 Å². The quantitative estimate of drug-likeness (QED) is 0.242. The first-order valence-electron chi connectivity index (χ1n) is 13.9. The maximum atomic E-state index is 10.9. The van der Waals surface area contributed by atoms with Gasteiger partial charge < -0.3 is 9.67 Å². The number of benzene rings is 6. The second-order valence-electron chi connectivity index (χ2n) is 10.8. The molecule has 0 saturated carbocycles. The molecule has 0 aliphatic carbocycles. The predicted octanol–water partition coefficient (Wildman–Crippen LogP) is 9.48. The molecule has 0 fully saturated rings. The molecule has 0 bridgehead atoms. The Hall–Kier alpha value is -4.66. The lowest BCUT2D eigenvalue weighted by molar-refractivity contribution is 0.220. The third kappa shape index (κ3) is 4.09. The molecule has 2 atom stereocenters. The maximum absolute atomic E-state index is 10.9. The van der Waals surface area contributed by atoms with Crippen LogP contribution in [0.4, 0.5) is 0 Å². The molecule has 7 aromatic rings. The second-order valence-corrected chi connectivity index (χ2v) is 10.8. The number of aryl methyl sites for hydroxylation is 1. The van der Waals surface area contributed by atoms with Crippen molar-refractivity contribution in [2.24, 2.45) is 0 Å². The van der Waals surface area contributed by atoms with Gasteiger partial charge in [0.15, 0.2) is 0 Å². The molecule has 0 amide bonds. The van der Waals surface area contributed by atoms with Gasteiger partial charge in [0.25, 0.3) is 0 Å². The lowest BCUT2D eigenvalue weighted by atomic mass is 9.88. The summed E-state index contributed by atoms with van der Waals surface area (Å²) in [5, 5.41) is 16.0. The van der Waals surface area contributed by atoms with Crippen molar-refractivity contribution in [3.63, 3.8) is 0 Å². The summed E-state index contributed by atoms with van der Waals surface area (Å²) in [7, 11) is 0. The van der Waals surface area contributed by atoms with Gasteiger partial charge in [-0.05, 0) is 76.3 Å². The number of hydrogen-bond donors (Lipinski definition) is 1. The standard InChI is InChI=1S/C38H31NO/c1-25-15-21-36-34(23-25)35-24-30(26(2)32-14-8-12-27-9-6-7-13-33(27)32)18-22-37(35)39(36)31-19-16-29(17-20-31)38(40)28-10-4-3-5-11-28/h3-24,26,38,40H,1-2H3. The SMILES string of the molecule is Cc1ccc2c(c1)c1cc(C(C)c3cccc4ccccc34)ccc1n2-c1ccc(C(O)c2ccccc2)cc1. The monoisotopic (exact) mass is 517 g/mol. The predicted molar refractivity (Wildman–Crippen MR) is 167 cm³/mol. The lowest BCUT2D eigenvalue weighted by Gasteiger charge is -2.16. The normalized spacial score (nSPS) is 13.2. The van der Waals surface area contributed by atoms with Gasteiger partial charge in [-0.3, -0.25) is 0 Å². The molecule has 0 radical (unpaired) electrons. The van der Waals surface area contributed by atoms with Crippen LogP contribution in [0.5, 0.6) is 0 Å². The highest BCUT2D eigenvalue weighted by molar-refractivity contribution is 6.09. The summed E-state index contributed by atoms with van der Waals surface area (Å²) >= 11 is 0. The first kappa shape index (κ1) is 24.4. The Morgan fingerprint density at radius 2 is 1.18 bits per heavy atom. The van der Waals surface area contributed by atoms with Crippen LogP contribution in [-0.4, -0.2) is 9.67 Å². The van der Waals surface area contributed by atoms with Crippen molar-refractivity contribution < 1.29 is 5.11 Å². The molecule has 1 aromatic heterocycles. The Morgan fingerprint density at radius 1 is 0.550 bits per heavy atom. The van der Waals surface area contributed by atoms with Crippen molar-refractivity contribution in [1.29, 1.82) is 0 Å². The Balaban J connectivity index is 1.34. The Morgan fingerprint density at radius 3 is 1.98 bits per heavy atom. The lowest BCUT2D eigenvalue weighted by Crippen LogP contribution is -2.01. The molecule has 0 saturated heterocycles. The van der Waals surface area contributed by atoms with Crippen LogP contribution in [0.25, 0.3) is 38.3 Å². The maximum Gasteiger partial charge on any atom is 0.104 e. The minimum atomic E-state index is -0.644. The van der Waals surface area contributed by atoms with E-state index in [9.17, 15) is 5.11 Å². The van der Waals surface area contributed by atoms with Gasteiger partial charge in [0.2, 0.25) is 0 Å². The third-order valence-corrected chi connectivity index (χ3v) is 8.32. The summed E-state index contributed by atoms with van der Waals surface area (Å²) in [5.74, 6) is 0.262. The molecular formula is C38H31NO. The molecule has 1 N–H and O–H groups in total. The highest BCUT2D eigenvalue weighted by atomic mass is 16.3. The Labute approximate surface area is 234 Å². The number of aliphatic hydroxyl groups excluding tert-OH is 1. The fraction of sp³-hybridized carbons (Fsp3) is 0.105. The number of rotatable bonds is 5. The first-order valence-corrected chi connectivity index (χ1v) is 13.9. The van der Waals surface area contributed by atoms with E-state index in [0.29, 0.717) is 0 Å². The Kier molecular flexibility index (Phi) is 5.99. The summed E-state index contributed by atoms with van der Waals surface area (Å²) in [5.41, 5.74) is 9.16. The van der Waals surface area contributed by atoms with Crippen molar-refractivity contribution in [1.82, 2.24) is 4.57 Å². The van der Waals surface area contributed by atoms with Gasteiger partial charge in [0, 0.05) is 22.4 Å². The van der Waals surface area contributed by atoms with Gasteiger partial charge in [-0.2, -0.15) is 0 Å². The van der Waals surface area contributed by atoms with Gasteiger partial charge in [-0.25, -0.2) is 0 Å². The van der Waals surface area contributed by atoms with Crippen LogP contribution in [0.2, 0.25) is 0 Å². The van der Waals surface area contributed by atoms with E-state index in [1.54, 1.807) is 0 Å². The molecule has 0 aliphatic heterocycles. The zero-order valence-electron chi connectivity index (χ0n) is 22.8. The van der Waals surface area contributed by atoms with E-state index >= 15 is 0 Å². The molecule has 0 aliphatic rings. The van der Waals surface area contributed by atoms with E-state index in [1.807, 2.05) is 42.5 Å². The minimum absolute atomic E-state index is 0.262. The van der Waals surface area contributed by atoms with Crippen molar-refractivity contribution >= 4 is 32.6 Å². The summed E-state index contributed by atoms with van der Waals surface area (Å²) in [6.07, 6.45) is -0.644. The van der Waals surface area contributed by atoms with E-state index < -0.39 is 6.10 Å². The molecule has 194 valence electrons. The van der Waals surface area contributed by atoms with E-state index in [4.69, 9.17) is 0 Å².